The Morgan fingerprint density at radius 1 is 0.221 bits per heavy atom. The second kappa shape index (κ2) is 17.2. The number of aromatic nitrogens is 3. The van der Waals surface area contributed by atoms with Crippen LogP contribution in [0, 0.1) is 0 Å². The Bertz CT molecular complexity index is 5430. The molecule has 396 valence electrons. The minimum absolute atomic E-state index is 0.0778. The van der Waals surface area contributed by atoms with E-state index in [2.05, 4.69) is 320 Å². The van der Waals surface area contributed by atoms with Gasteiger partial charge in [0.2, 0.25) is 0 Å². The number of hydrogen-bond acceptors (Lipinski definition) is 3. The number of benzene rings is 13. The summed E-state index contributed by atoms with van der Waals surface area (Å²) in [5.74, 6) is 0. The van der Waals surface area contributed by atoms with Crippen LogP contribution in [-0.4, -0.2) is 27.1 Å². The molecule has 0 aliphatic carbocycles. The van der Waals surface area contributed by atoms with Gasteiger partial charge in [-0.05, 0) is 160 Å². The molecule has 4 aliphatic heterocycles. The molecule has 0 bridgehead atoms. The molecule has 86 heavy (non-hydrogen) atoms. The van der Waals surface area contributed by atoms with E-state index in [0.717, 1.165) is 51.2 Å². The van der Waals surface area contributed by atoms with Crippen LogP contribution in [0.2, 0.25) is 0 Å². The molecule has 6 nitrogen and oxygen atoms in total. The van der Waals surface area contributed by atoms with Gasteiger partial charge in [0.05, 0.1) is 11.0 Å². The molecule has 4 aliphatic rings. The molecule has 16 aromatic rings. The minimum Gasteiger partial charge on any atom is -0.311 e. The summed E-state index contributed by atoms with van der Waals surface area (Å²) in [5.41, 5.74) is 29.4. The first-order valence-corrected chi connectivity index (χ1v) is 29.9. The van der Waals surface area contributed by atoms with Crippen molar-refractivity contribution < 1.29 is 0 Å². The third-order valence-corrected chi connectivity index (χ3v) is 19.2. The second-order valence-electron chi connectivity index (χ2n) is 23.6. The van der Waals surface area contributed by atoms with Crippen LogP contribution in [0.15, 0.2) is 291 Å². The number of hydrogen-bond donors (Lipinski definition) is 0. The zero-order chi connectivity index (χ0) is 55.9. The average Bonchev–Trinajstić information content (AvgIpc) is 1.39. The van der Waals surface area contributed by atoms with Crippen molar-refractivity contribution in [3.8, 4) is 17.1 Å². The SMILES string of the molecule is c1ccc(N(c2ccccc2)c2ccc3c(c2)c2cc(N(c4ccccc4)c4ccccc4)cc4c2n3-c2cc3c5c6c2B4c2cccc4c7cc(N(c8ccccc8)c8ccccc8)cc(c7n-6c24)B5c2cccc4c5ccccc5n-3c24)cc1. The molecular weight excluding hydrogens is 1040 g/mol. The van der Waals surface area contributed by atoms with Crippen LogP contribution in [-0.2, 0) is 0 Å². The first kappa shape index (κ1) is 46.3. The summed E-state index contributed by atoms with van der Waals surface area (Å²) in [6, 6.07) is 109. The summed E-state index contributed by atoms with van der Waals surface area (Å²) in [6.45, 7) is -0.195. The molecule has 3 aromatic heterocycles. The van der Waals surface area contributed by atoms with Crippen LogP contribution in [0.1, 0.15) is 0 Å². The minimum atomic E-state index is -0.117. The van der Waals surface area contributed by atoms with Crippen LogP contribution < -0.4 is 47.5 Å². The fourth-order valence-electron chi connectivity index (χ4n) is 16.1. The van der Waals surface area contributed by atoms with Crippen LogP contribution in [0.5, 0.6) is 0 Å². The van der Waals surface area contributed by atoms with Crippen LogP contribution in [0.25, 0.3) is 82.5 Å². The summed E-state index contributed by atoms with van der Waals surface area (Å²) >= 11 is 0. The zero-order valence-corrected chi connectivity index (χ0v) is 46.6. The topological polar surface area (TPSA) is 24.5 Å². The number of fused-ring (bicyclic) bond motifs is 13. The predicted molar refractivity (Wildman–Crippen MR) is 363 cm³/mol. The average molecular weight is 1090 g/mol. The summed E-state index contributed by atoms with van der Waals surface area (Å²) in [6.07, 6.45) is 0. The lowest BCUT2D eigenvalue weighted by atomic mass is 9.30. The van der Waals surface area contributed by atoms with E-state index in [4.69, 9.17) is 0 Å². The van der Waals surface area contributed by atoms with E-state index < -0.39 is 0 Å². The van der Waals surface area contributed by atoms with E-state index in [1.54, 1.807) is 0 Å². The van der Waals surface area contributed by atoms with Crippen molar-refractivity contribution in [2.75, 3.05) is 14.7 Å². The van der Waals surface area contributed by atoms with Gasteiger partial charge in [-0.1, -0.05) is 164 Å². The maximum Gasteiger partial charge on any atom is 0.252 e. The second-order valence-corrected chi connectivity index (χ2v) is 23.6. The third kappa shape index (κ3) is 6.06. The maximum absolute atomic E-state index is 2.74. The summed E-state index contributed by atoms with van der Waals surface area (Å²) in [4.78, 5) is 7.32. The van der Waals surface area contributed by atoms with Crippen LogP contribution >= 0.6 is 0 Å². The highest BCUT2D eigenvalue weighted by Gasteiger charge is 2.49. The molecule has 13 aromatic carbocycles. The van der Waals surface area contributed by atoms with Crippen LogP contribution in [0.3, 0.4) is 0 Å². The number of nitrogens with zero attached hydrogens (tertiary/aromatic N) is 6. The van der Waals surface area contributed by atoms with Crippen molar-refractivity contribution in [3.63, 3.8) is 0 Å². The Morgan fingerprint density at radius 3 is 1.05 bits per heavy atom. The van der Waals surface area contributed by atoms with Gasteiger partial charge in [-0.3, -0.25) is 0 Å². The molecule has 0 fully saturated rings. The Balaban J connectivity index is 0.960. The molecule has 0 radical (unpaired) electrons. The zero-order valence-electron chi connectivity index (χ0n) is 46.6. The van der Waals surface area contributed by atoms with E-state index in [0.29, 0.717) is 0 Å². The Hall–Kier alpha value is -11.2. The van der Waals surface area contributed by atoms with Crippen molar-refractivity contribution in [3.05, 3.63) is 291 Å². The number of rotatable bonds is 9. The number of para-hydroxylation sites is 9. The van der Waals surface area contributed by atoms with E-state index >= 15 is 0 Å². The molecule has 0 saturated heterocycles. The Labute approximate surface area is 496 Å². The molecule has 7 heterocycles. The van der Waals surface area contributed by atoms with Crippen molar-refractivity contribution >= 4 is 163 Å². The highest BCUT2D eigenvalue weighted by atomic mass is 15.2. The lowest BCUT2D eigenvalue weighted by molar-refractivity contribution is 1.11. The molecule has 0 amide bonds. The first-order chi connectivity index (χ1) is 42.7. The van der Waals surface area contributed by atoms with Gasteiger partial charge in [-0.2, -0.15) is 0 Å². The van der Waals surface area contributed by atoms with Crippen LogP contribution in [0.4, 0.5) is 51.2 Å². The van der Waals surface area contributed by atoms with Gasteiger partial charge >= 0.3 is 0 Å². The summed E-state index contributed by atoms with van der Waals surface area (Å²) < 4.78 is 8.05. The Morgan fingerprint density at radius 2 is 0.570 bits per heavy atom. The summed E-state index contributed by atoms with van der Waals surface area (Å²) in [5, 5.41) is 7.51. The molecule has 0 N–H and O–H groups in total. The lowest BCUT2D eigenvalue weighted by Gasteiger charge is -2.41. The van der Waals surface area contributed by atoms with E-state index in [9.17, 15) is 0 Å². The van der Waals surface area contributed by atoms with Gasteiger partial charge in [0, 0.05) is 123 Å². The highest BCUT2D eigenvalue weighted by Crippen LogP contribution is 2.48. The number of anilines is 9. The van der Waals surface area contributed by atoms with Gasteiger partial charge in [0.15, 0.2) is 0 Å². The van der Waals surface area contributed by atoms with Gasteiger partial charge in [0.25, 0.3) is 13.4 Å². The normalized spacial score (nSPS) is 12.8. The smallest absolute Gasteiger partial charge is 0.252 e. The fourth-order valence-corrected chi connectivity index (χ4v) is 16.1. The lowest BCUT2D eigenvalue weighted by Crippen LogP contribution is -2.66. The molecular formula is C78H48B2N6. The van der Waals surface area contributed by atoms with Crippen molar-refractivity contribution in [1.82, 2.24) is 13.7 Å². The predicted octanol–water partition coefficient (Wildman–Crippen LogP) is 15.7. The van der Waals surface area contributed by atoms with E-state index in [1.165, 1.54) is 115 Å². The van der Waals surface area contributed by atoms with Gasteiger partial charge in [-0.15, -0.1) is 0 Å². The van der Waals surface area contributed by atoms with E-state index in [-0.39, 0.29) is 13.4 Å². The van der Waals surface area contributed by atoms with Crippen molar-refractivity contribution in [2.24, 2.45) is 0 Å². The molecule has 0 saturated carbocycles. The van der Waals surface area contributed by atoms with E-state index in [1.807, 2.05) is 0 Å². The molecule has 20 rings (SSSR count). The molecule has 0 spiro atoms. The maximum atomic E-state index is 2.74. The third-order valence-electron chi connectivity index (χ3n) is 19.2. The monoisotopic (exact) mass is 1090 g/mol. The van der Waals surface area contributed by atoms with Crippen molar-refractivity contribution in [2.45, 2.75) is 0 Å². The van der Waals surface area contributed by atoms with Gasteiger partial charge in [0.1, 0.15) is 0 Å². The quantitative estimate of drug-likeness (QED) is 0.135. The highest BCUT2D eigenvalue weighted by molar-refractivity contribution is 7.04. The fraction of sp³-hybridized carbons (Fsp3) is 0. The Kier molecular flexibility index (Phi) is 9.26. The standard InChI is InChI=1S/C78H48B2N6/c1-7-23-49(24-8-1)81(50-25-9-2-10-26-50)55-41-42-69-61(43-55)63-45-57(83(53-31-15-5-16-32-53)54-33-17-6-18-34-54)46-66-76(63)85(69)71-48-70-72-78-73(71)80(66)65-39-22-37-60-62-44-56(82(51-27-11-3-12-28-51)52-29-13-4-14-30-52)47-67(77(62)86(78)75(60)65)79(72)64-38-21-36-59-58-35-19-20-40-68(58)84(70)74(59)64/h1-48H. The summed E-state index contributed by atoms with van der Waals surface area (Å²) in [7, 11) is 0. The first-order valence-electron chi connectivity index (χ1n) is 29.9. The molecule has 8 heteroatoms. The van der Waals surface area contributed by atoms with Gasteiger partial charge in [-0.25, -0.2) is 0 Å². The largest absolute Gasteiger partial charge is 0.311 e. The molecule has 0 unspecified atom stereocenters. The van der Waals surface area contributed by atoms with Crippen molar-refractivity contribution in [1.29, 1.82) is 0 Å². The van der Waals surface area contributed by atoms with Gasteiger partial charge < -0.3 is 28.4 Å². The molecule has 0 atom stereocenters.